The van der Waals surface area contributed by atoms with E-state index in [4.69, 9.17) is 0 Å². The average molecular weight is 269 g/mol. The van der Waals surface area contributed by atoms with Crippen molar-refractivity contribution in [3.8, 4) is 0 Å². The van der Waals surface area contributed by atoms with Crippen LogP contribution in [0.2, 0.25) is 0 Å². The molecule has 0 spiro atoms. The fourth-order valence-corrected chi connectivity index (χ4v) is 3.01. The van der Waals surface area contributed by atoms with Gasteiger partial charge in [0.1, 0.15) is 0 Å². The van der Waals surface area contributed by atoms with Crippen molar-refractivity contribution in [1.82, 2.24) is 15.3 Å². The van der Waals surface area contributed by atoms with Gasteiger partial charge in [-0.3, -0.25) is 15.0 Å². The van der Waals surface area contributed by atoms with Gasteiger partial charge in [-0.2, -0.15) is 0 Å². The first kappa shape index (κ1) is 14.3. The van der Waals surface area contributed by atoms with E-state index in [1.807, 2.05) is 11.9 Å². The van der Waals surface area contributed by atoms with Crippen LogP contribution in [0.1, 0.15) is 19.8 Å². The number of likely N-dealkylation sites (N-methyl/N-ethyl adjacent to an activating group) is 1. The largest absolute Gasteiger partial charge is 0.481 e. The molecule has 3 atom stereocenters. The molecule has 1 saturated carbocycles. The molecule has 0 aromatic heterocycles. The number of carboxylic acids is 1. The Bertz CT molecular complexity index is 353. The van der Waals surface area contributed by atoms with E-state index in [0.717, 1.165) is 26.2 Å². The van der Waals surface area contributed by atoms with Gasteiger partial charge in [-0.25, -0.2) is 5.01 Å². The molecular weight excluding hydrogens is 246 g/mol. The predicted molar refractivity (Wildman–Crippen MR) is 70.2 cm³/mol. The second-order valence-corrected chi connectivity index (χ2v) is 5.89. The zero-order valence-electron chi connectivity index (χ0n) is 11.6. The molecule has 0 aromatic rings. The summed E-state index contributed by atoms with van der Waals surface area (Å²) in [7, 11) is 2.05. The van der Waals surface area contributed by atoms with Gasteiger partial charge in [0.25, 0.3) is 0 Å². The lowest BCUT2D eigenvalue weighted by molar-refractivity contribution is -0.147. The van der Waals surface area contributed by atoms with Crippen LogP contribution in [0.15, 0.2) is 0 Å². The number of rotatable bonds is 3. The van der Waals surface area contributed by atoms with Crippen molar-refractivity contribution in [3.05, 3.63) is 0 Å². The fraction of sp³-hybridized carbons (Fsp3) is 0.846. The maximum atomic E-state index is 12.2. The summed E-state index contributed by atoms with van der Waals surface area (Å²) in [4.78, 5) is 25.6. The molecule has 19 heavy (non-hydrogen) atoms. The third kappa shape index (κ3) is 3.45. The van der Waals surface area contributed by atoms with E-state index in [1.54, 1.807) is 0 Å². The molecular formula is C13H23N3O3. The van der Waals surface area contributed by atoms with Crippen LogP contribution in [0, 0.1) is 17.8 Å². The van der Waals surface area contributed by atoms with Gasteiger partial charge in [-0.05, 0) is 25.8 Å². The van der Waals surface area contributed by atoms with Crippen LogP contribution in [0.25, 0.3) is 0 Å². The van der Waals surface area contributed by atoms with Crippen molar-refractivity contribution in [2.24, 2.45) is 17.8 Å². The van der Waals surface area contributed by atoms with E-state index < -0.39 is 11.9 Å². The summed E-state index contributed by atoms with van der Waals surface area (Å²) in [5.41, 5.74) is 2.89. The molecule has 0 radical (unpaired) electrons. The quantitative estimate of drug-likeness (QED) is 0.755. The maximum absolute atomic E-state index is 12.2. The molecule has 0 bridgehead atoms. The highest BCUT2D eigenvalue weighted by molar-refractivity contribution is 5.85. The Labute approximate surface area is 113 Å². The summed E-state index contributed by atoms with van der Waals surface area (Å²) < 4.78 is 0. The second-order valence-electron chi connectivity index (χ2n) is 5.89. The number of carbonyl (C=O) groups is 2. The molecule has 3 unspecified atom stereocenters. The first-order valence-electron chi connectivity index (χ1n) is 6.94. The molecule has 1 heterocycles. The van der Waals surface area contributed by atoms with Crippen molar-refractivity contribution < 1.29 is 14.7 Å². The van der Waals surface area contributed by atoms with Crippen LogP contribution < -0.4 is 5.43 Å². The van der Waals surface area contributed by atoms with Gasteiger partial charge in [0.15, 0.2) is 0 Å². The van der Waals surface area contributed by atoms with Gasteiger partial charge in [0, 0.05) is 26.2 Å². The van der Waals surface area contributed by atoms with Crippen LogP contribution in [0.5, 0.6) is 0 Å². The van der Waals surface area contributed by atoms with Gasteiger partial charge >= 0.3 is 5.97 Å². The normalized spacial score (nSPS) is 33.3. The molecule has 0 aromatic carbocycles. The number of aliphatic carboxylic acids is 1. The van der Waals surface area contributed by atoms with E-state index in [0.29, 0.717) is 18.8 Å². The van der Waals surface area contributed by atoms with Crippen molar-refractivity contribution in [2.45, 2.75) is 19.8 Å². The Morgan fingerprint density at radius 2 is 1.68 bits per heavy atom. The summed E-state index contributed by atoms with van der Waals surface area (Å²) in [5.74, 6) is -1.57. The van der Waals surface area contributed by atoms with Gasteiger partial charge in [0.05, 0.1) is 11.8 Å². The number of carboxylic acid groups (broad SMARTS) is 1. The highest BCUT2D eigenvalue weighted by atomic mass is 16.4. The smallest absolute Gasteiger partial charge is 0.307 e. The third-order valence-corrected chi connectivity index (χ3v) is 4.22. The molecule has 1 aliphatic carbocycles. The molecule has 2 fully saturated rings. The van der Waals surface area contributed by atoms with Crippen LogP contribution >= 0.6 is 0 Å². The van der Waals surface area contributed by atoms with Crippen LogP contribution in [0.3, 0.4) is 0 Å². The highest BCUT2D eigenvalue weighted by Crippen LogP contribution is 2.36. The first-order valence-corrected chi connectivity index (χ1v) is 6.94. The van der Waals surface area contributed by atoms with Crippen molar-refractivity contribution in [2.75, 3.05) is 33.2 Å². The topological polar surface area (TPSA) is 72.9 Å². The van der Waals surface area contributed by atoms with Crippen LogP contribution in [0.4, 0.5) is 0 Å². The molecule has 6 heteroatoms. The van der Waals surface area contributed by atoms with E-state index in [-0.39, 0.29) is 11.8 Å². The van der Waals surface area contributed by atoms with E-state index in [1.165, 1.54) is 0 Å². The summed E-state index contributed by atoms with van der Waals surface area (Å²) in [6.07, 6.45) is 1.28. The molecule has 6 nitrogen and oxygen atoms in total. The summed E-state index contributed by atoms with van der Waals surface area (Å²) in [6.45, 7) is 5.44. The number of hydrazine groups is 1. The maximum Gasteiger partial charge on any atom is 0.307 e. The number of hydrogen-bond acceptors (Lipinski definition) is 4. The van der Waals surface area contributed by atoms with Crippen molar-refractivity contribution >= 4 is 11.9 Å². The van der Waals surface area contributed by atoms with E-state index in [2.05, 4.69) is 17.4 Å². The molecule has 2 rings (SSSR count). The summed E-state index contributed by atoms with van der Waals surface area (Å²) >= 11 is 0. The molecule has 108 valence electrons. The number of nitrogens with one attached hydrogen (secondary N) is 1. The van der Waals surface area contributed by atoms with Gasteiger partial charge < -0.3 is 10.0 Å². The average Bonchev–Trinajstić information content (AvgIpc) is 2.74. The molecule has 1 saturated heterocycles. The highest BCUT2D eigenvalue weighted by Gasteiger charge is 2.41. The number of amides is 1. The number of carbonyl (C=O) groups excluding carboxylic acids is 1. The summed E-state index contributed by atoms with van der Waals surface area (Å²) in [6, 6.07) is 0. The Balaban J connectivity index is 1.90. The Morgan fingerprint density at radius 1 is 1.11 bits per heavy atom. The minimum atomic E-state index is -0.845. The fourth-order valence-electron chi connectivity index (χ4n) is 3.01. The zero-order chi connectivity index (χ0) is 14.0. The van der Waals surface area contributed by atoms with Crippen molar-refractivity contribution in [3.63, 3.8) is 0 Å². The molecule has 2 N–H and O–H groups in total. The van der Waals surface area contributed by atoms with E-state index in [9.17, 15) is 14.7 Å². The number of piperazine rings is 1. The van der Waals surface area contributed by atoms with Crippen LogP contribution in [-0.2, 0) is 9.59 Å². The molecule has 1 aliphatic heterocycles. The number of hydrogen-bond donors (Lipinski definition) is 2. The SMILES string of the molecule is CC1CC(C(=O)O)C(C(=O)NN2CCN(C)CC2)C1. The lowest BCUT2D eigenvalue weighted by Gasteiger charge is -2.33. The minimum absolute atomic E-state index is 0.124. The predicted octanol–water partition coefficient (Wildman–Crippen LogP) is 0.0119. The first-order chi connectivity index (χ1) is 8.97. The van der Waals surface area contributed by atoms with Crippen molar-refractivity contribution in [1.29, 1.82) is 0 Å². The van der Waals surface area contributed by atoms with Crippen LogP contribution in [-0.4, -0.2) is 60.1 Å². The monoisotopic (exact) mass is 269 g/mol. The zero-order valence-corrected chi connectivity index (χ0v) is 11.6. The Hall–Kier alpha value is -1.14. The minimum Gasteiger partial charge on any atom is -0.481 e. The van der Waals surface area contributed by atoms with E-state index >= 15 is 0 Å². The van der Waals surface area contributed by atoms with Gasteiger partial charge in [-0.15, -0.1) is 0 Å². The van der Waals surface area contributed by atoms with Gasteiger partial charge in [-0.1, -0.05) is 6.92 Å². The Morgan fingerprint density at radius 3 is 2.26 bits per heavy atom. The molecule has 1 amide bonds. The second kappa shape index (κ2) is 5.88. The standard InChI is InChI=1S/C13H23N3O3/c1-9-7-10(11(8-9)13(18)19)12(17)14-16-5-3-15(2)4-6-16/h9-11H,3-8H2,1-2H3,(H,14,17)(H,18,19). The van der Waals surface area contributed by atoms with Gasteiger partial charge in [0.2, 0.25) is 5.91 Å². The Kier molecular flexibility index (Phi) is 4.42. The number of nitrogens with zero attached hydrogens (tertiary/aromatic N) is 2. The third-order valence-electron chi connectivity index (χ3n) is 4.22. The lowest BCUT2D eigenvalue weighted by Crippen LogP contribution is -2.54. The molecule has 2 aliphatic rings. The lowest BCUT2D eigenvalue weighted by atomic mass is 9.96. The summed E-state index contributed by atoms with van der Waals surface area (Å²) in [5, 5.41) is 11.1.